The number of aliphatic hydroxyl groups is 1. The first-order chi connectivity index (χ1) is 8.98. The van der Waals surface area contributed by atoms with Crippen molar-refractivity contribution >= 4 is 12.1 Å². The third-order valence-electron chi connectivity index (χ3n) is 2.91. The van der Waals surface area contributed by atoms with Crippen LogP contribution in [0.5, 0.6) is 0 Å². The van der Waals surface area contributed by atoms with Crippen molar-refractivity contribution in [2.45, 2.75) is 18.6 Å². The van der Waals surface area contributed by atoms with Gasteiger partial charge in [-0.05, 0) is 5.56 Å². The lowest BCUT2D eigenvalue weighted by Crippen LogP contribution is -2.64. The number of hydrogen-bond donors (Lipinski definition) is 2. The van der Waals surface area contributed by atoms with Gasteiger partial charge in [-0.2, -0.15) is 0 Å². The molecule has 1 fully saturated rings. The van der Waals surface area contributed by atoms with Crippen LogP contribution >= 0.6 is 0 Å². The van der Waals surface area contributed by atoms with Crippen LogP contribution in [0.15, 0.2) is 30.3 Å². The molecule has 0 bridgehead atoms. The van der Waals surface area contributed by atoms with Crippen molar-refractivity contribution in [3.8, 4) is 0 Å². The molecule has 0 aromatic heterocycles. The molecule has 2 N–H and O–H groups in total. The minimum Gasteiger partial charge on any atom is -0.481 e. The third-order valence-corrected chi connectivity index (χ3v) is 2.91. The number of hydrogen-bond acceptors (Lipinski definition) is 4. The molecular formula is C13H15NO5. The van der Waals surface area contributed by atoms with E-state index in [1.54, 1.807) is 0 Å². The van der Waals surface area contributed by atoms with Gasteiger partial charge in [0.05, 0.1) is 19.5 Å². The maximum absolute atomic E-state index is 11.6. The van der Waals surface area contributed by atoms with Gasteiger partial charge in [-0.15, -0.1) is 0 Å². The van der Waals surface area contributed by atoms with E-state index in [1.165, 1.54) is 4.90 Å². The van der Waals surface area contributed by atoms with Crippen molar-refractivity contribution in [1.29, 1.82) is 0 Å². The Morgan fingerprint density at radius 3 is 2.47 bits per heavy atom. The fourth-order valence-electron chi connectivity index (χ4n) is 2.00. The SMILES string of the molecule is O=C(O)CC1(O)CN(C(=O)OCc2ccccc2)C1. The normalized spacial score (nSPS) is 16.6. The van der Waals surface area contributed by atoms with Crippen LogP contribution in [0.2, 0.25) is 0 Å². The zero-order chi connectivity index (χ0) is 13.9. The molecule has 0 spiro atoms. The van der Waals surface area contributed by atoms with E-state index in [-0.39, 0.29) is 26.1 Å². The van der Waals surface area contributed by atoms with Crippen LogP contribution in [0.4, 0.5) is 4.79 Å². The summed E-state index contributed by atoms with van der Waals surface area (Å²) in [5.74, 6) is -1.08. The highest BCUT2D eigenvalue weighted by Gasteiger charge is 2.45. The molecule has 6 nitrogen and oxygen atoms in total. The number of nitrogens with zero attached hydrogens (tertiary/aromatic N) is 1. The lowest BCUT2D eigenvalue weighted by Gasteiger charge is -2.44. The lowest BCUT2D eigenvalue weighted by molar-refractivity contribution is -0.151. The van der Waals surface area contributed by atoms with Crippen molar-refractivity contribution in [2.24, 2.45) is 0 Å². The Kier molecular flexibility index (Phi) is 3.71. The maximum Gasteiger partial charge on any atom is 0.410 e. The molecule has 1 aromatic carbocycles. The largest absolute Gasteiger partial charge is 0.481 e. The molecule has 1 saturated heterocycles. The maximum atomic E-state index is 11.6. The third kappa shape index (κ3) is 3.45. The van der Waals surface area contributed by atoms with E-state index in [9.17, 15) is 14.7 Å². The van der Waals surface area contributed by atoms with Crippen LogP contribution in [0, 0.1) is 0 Å². The van der Waals surface area contributed by atoms with E-state index in [4.69, 9.17) is 9.84 Å². The number of β-amino-alcohol motifs (C(OH)–C–C–N with tert-alkyl or cyclic N) is 1. The first-order valence-electron chi connectivity index (χ1n) is 5.88. The smallest absolute Gasteiger partial charge is 0.410 e. The van der Waals surface area contributed by atoms with E-state index < -0.39 is 17.7 Å². The van der Waals surface area contributed by atoms with Crippen LogP contribution in [-0.4, -0.2) is 45.9 Å². The van der Waals surface area contributed by atoms with Crippen molar-refractivity contribution in [3.05, 3.63) is 35.9 Å². The number of carbonyl (C=O) groups is 2. The standard InChI is InChI=1S/C13H15NO5/c15-11(16)6-13(18)8-14(9-13)12(17)19-7-10-4-2-1-3-5-10/h1-5,18H,6-9H2,(H,15,16). The van der Waals surface area contributed by atoms with Gasteiger partial charge >= 0.3 is 12.1 Å². The Labute approximate surface area is 110 Å². The zero-order valence-electron chi connectivity index (χ0n) is 10.3. The highest BCUT2D eigenvalue weighted by atomic mass is 16.6. The molecule has 0 unspecified atom stereocenters. The molecule has 0 radical (unpaired) electrons. The van der Waals surface area contributed by atoms with E-state index in [0.717, 1.165) is 5.56 Å². The number of ether oxygens (including phenoxy) is 1. The molecule has 19 heavy (non-hydrogen) atoms. The van der Waals surface area contributed by atoms with Crippen LogP contribution in [-0.2, 0) is 16.1 Å². The minimum atomic E-state index is -1.32. The van der Waals surface area contributed by atoms with Gasteiger partial charge in [-0.3, -0.25) is 4.79 Å². The fourth-order valence-corrected chi connectivity index (χ4v) is 2.00. The van der Waals surface area contributed by atoms with Gasteiger partial charge in [0, 0.05) is 0 Å². The zero-order valence-corrected chi connectivity index (χ0v) is 10.3. The van der Waals surface area contributed by atoms with Gasteiger partial charge in [0.1, 0.15) is 12.2 Å². The summed E-state index contributed by atoms with van der Waals surface area (Å²) in [4.78, 5) is 23.4. The highest BCUT2D eigenvalue weighted by molar-refractivity contribution is 5.72. The monoisotopic (exact) mass is 265 g/mol. The van der Waals surface area contributed by atoms with Gasteiger partial charge < -0.3 is 19.8 Å². The molecule has 2 rings (SSSR count). The molecule has 0 atom stereocenters. The predicted molar refractivity (Wildman–Crippen MR) is 65.4 cm³/mol. The van der Waals surface area contributed by atoms with E-state index >= 15 is 0 Å². The number of rotatable bonds is 4. The lowest BCUT2D eigenvalue weighted by atomic mass is 9.91. The number of benzene rings is 1. The predicted octanol–water partition coefficient (Wildman–Crippen LogP) is 0.845. The van der Waals surface area contributed by atoms with Gasteiger partial charge in [-0.25, -0.2) is 4.79 Å². The Hall–Kier alpha value is -2.08. The number of carbonyl (C=O) groups excluding carboxylic acids is 1. The highest BCUT2D eigenvalue weighted by Crippen LogP contribution is 2.25. The van der Waals surface area contributed by atoms with Gasteiger partial charge in [0.2, 0.25) is 0 Å². The van der Waals surface area contributed by atoms with Crippen molar-refractivity contribution < 1.29 is 24.5 Å². The number of carboxylic acids is 1. The molecular weight excluding hydrogens is 250 g/mol. The topological polar surface area (TPSA) is 87.1 Å². The summed E-state index contributed by atoms with van der Waals surface area (Å²) in [6.45, 7) is 0.146. The summed E-state index contributed by atoms with van der Waals surface area (Å²) < 4.78 is 5.06. The molecule has 6 heteroatoms. The van der Waals surface area contributed by atoms with Gasteiger partial charge in [0.25, 0.3) is 0 Å². The molecule has 1 aromatic rings. The second-order valence-corrected chi connectivity index (χ2v) is 4.69. The van der Waals surface area contributed by atoms with Crippen LogP contribution in [0.25, 0.3) is 0 Å². The summed E-state index contributed by atoms with van der Waals surface area (Å²) in [7, 11) is 0. The first-order valence-corrected chi connectivity index (χ1v) is 5.88. The number of carboxylic acid groups (broad SMARTS) is 1. The molecule has 102 valence electrons. The number of amides is 1. The van der Waals surface area contributed by atoms with Gasteiger partial charge in [-0.1, -0.05) is 30.3 Å². The van der Waals surface area contributed by atoms with Crippen LogP contribution in [0.3, 0.4) is 0 Å². The second-order valence-electron chi connectivity index (χ2n) is 4.69. The average Bonchev–Trinajstić information content (AvgIpc) is 2.33. The summed E-state index contributed by atoms with van der Waals surface area (Å²) in [6, 6.07) is 9.23. The summed E-state index contributed by atoms with van der Waals surface area (Å²) in [5, 5.41) is 18.4. The Morgan fingerprint density at radius 1 is 1.26 bits per heavy atom. The summed E-state index contributed by atoms with van der Waals surface area (Å²) >= 11 is 0. The molecule has 1 amide bonds. The van der Waals surface area contributed by atoms with Crippen molar-refractivity contribution in [3.63, 3.8) is 0 Å². The van der Waals surface area contributed by atoms with E-state index in [0.29, 0.717) is 0 Å². The Morgan fingerprint density at radius 2 is 1.89 bits per heavy atom. The Balaban J connectivity index is 1.76. The molecule has 0 aliphatic carbocycles. The Bertz CT molecular complexity index is 467. The number of likely N-dealkylation sites (tertiary alicyclic amines) is 1. The summed E-state index contributed by atoms with van der Waals surface area (Å²) in [6.07, 6.45) is -0.908. The van der Waals surface area contributed by atoms with E-state index in [1.807, 2.05) is 30.3 Å². The second kappa shape index (κ2) is 5.27. The molecule has 1 heterocycles. The van der Waals surface area contributed by atoms with Crippen LogP contribution < -0.4 is 0 Å². The summed E-state index contributed by atoms with van der Waals surface area (Å²) in [5.41, 5.74) is -0.449. The van der Waals surface area contributed by atoms with Crippen LogP contribution in [0.1, 0.15) is 12.0 Å². The molecule has 0 saturated carbocycles. The quantitative estimate of drug-likeness (QED) is 0.842. The average molecular weight is 265 g/mol. The first kappa shape index (κ1) is 13.4. The fraction of sp³-hybridized carbons (Fsp3) is 0.385. The molecule has 1 aliphatic heterocycles. The minimum absolute atomic E-state index is 0.00702. The van der Waals surface area contributed by atoms with Crippen molar-refractivity contribution in [1.82, 2.24) is 4.90 Å². The molecule has 1 aliphatic rings. The number of aliphatic carboxylic acids is 1. The van der Waals surface area contributed by atoms with E-state index in [2.05, 4.69) is 0 Å². The van der Waals surface area contributed by atoms with Gasteiger partial charge in [0.15, 0.2) is 0 Å². The van der Waals surface area contributed by atoms with Crippen molar-refractivity contribution in [2.75, 3.05) is 13.1 Å².